The molecule has 0 saturated carbocycles. The van der Waals surface area contributed by atoms with Crippen molar-refractivity contribution in [2.24, 2.45) is 0 Å². The van der Waals surface area contributed by atoms with Gasteiger partial charge in [0.15, 0.2) is 0 Å². The molecule has 4 rings (SSSR count). The maximum absolute atomic E-state index is 12.9. The van der Waals surface area contributed by atoms with Crippen LogP contribution in [0.3, 0.4) is 0 Å². The van der Waals surface area contributed by atoms with Gasteiger partial charge in [0.2, 0.25) is 11.8 Å². The topological polar surface area (TPSA) is 72.6 Å². The minimum Gasteiger partial charge on any atom is -0.467 e. The lowest BCUT2D eigenvalue weighted by molar-refractivity contribution is -0.132. The Morgan fingerprint density at radius 2 is 1.52 bits per heavy atom. The zero-order valence-corrected chi connectivity index (χ0v) is 14.6. The second-order valence-corrected chi connectivity index (χ2v) is 6.10. The number of furan rings is 2. The van der Waals surface area contributed by atoms with Gasteiger partial charge in [-0.1, -0.05) is 18.2 Å². The molecule has 4 aromatic rings. The van der Waals surface area contributed by atoms with Crippen LogP contribution in [0.2, 0.25) is 0 Å². The summed E-state index contributed by atoms with van der Waals surface area (Å²) in [5.41, 5.74) is 1.46. The first-order valence-electron chi connectivity index (χ1n) is 8.60. The number of aromatic nitrogens is 1. The molecule has 0 aliphatic carbocycles. The highest BCUT2D eigenvalue weighted by Crippen LogP contribution is 2.19. The molecule has 1 aromatic carbocycles. The fraction of sp³-hybridized carbons (Fsp3) is 0.143. The molecule has 0 spiro atoms. The summed E-state index contributed by atoms with van der Waals surface area (Å²) >= 11 is 0. The molecule has 0 radical (unpaired) electrons. The summed E-state index contributed by atoms with van der Waals surface area (Å²) in [5, 5.41) is 0. The van der Waals surface area contributed by atoms with Crippen molar-refractivity contribution in [2.75, 3.05) is 0 Å². The van der Waals surface area contributed by atoms with Crippen LogP contribution >= 0.6 is 0 Å². The Labute approximate surface area is 156 Å². The second kappa shape index (κ2) is 7.78. The Hall–Kier alpha value is -3.54. The molecule has 136 valence electrons. The third-order valence-electron chi connectivity index (χ3n) is 4.11. The van der Waals surface area contributed by atoms with E-state index in [1.54, 1.807) is 29.6 Å². The predicted octanol–water partition coefficient (Wildman–Crippen LogP) is 4.30. The van der Waals surface area contributed by atoms with Gasteiger partial charge in [-0.05, 0) is 36.4 Å². The number of carbonyl (C=O) groups is 1. The average molecular weight is 362 g/mol. The molecular formula is C21H18N2O4. The van der Waals surface area contributed by atoms with E-state index in [4.69, 9.17) is 13.3 Å². The highest BCUT2D eigenvalue weighted by molar-refractivity contribution is 5.78. The SMILES string of the molecule is O=C(Cc1coc(-c2ccccc2)n1)N(Cc1ccco1)Cc1ccco1. The smallest absolute Gasteiger partial charge is 0.229 e. The van der Waals surface area contributed by atoms with Crippen molar-refractivity contribution in [3.05, 3.63) is 90.6 Å². The molecule has 0 fully saturated rings. The van der Waals surface area contributed by atoms with E-state index in [0.29, 0.717) is 36.2 Å². The van der Waals surface area contributed by atoms with Crippen molar-refractivity contribution in [1.82, 2.24) is 9.88 Å². The molecule has 0 aliphatic rings. The van der Waals surface area contributed by atoms with Gasteiger partial charge in [0.05, 0.1) is 37.7 Å². The maximum atomic E-state index is 12.9. The van der Waals surface area contributed by atoms with Crippen molar-refractivity contribution in [2.45, 2.75) is 19.5 Å². The summed E-state index contributed by atoms with van der Waals surface area (Å²) in [4.78, 5) is 19.0. The Bertz CT molecular complexity index is 936. The summed E-state index contributed by atoms with van der Waals surface area (Å²) in [6.45, 7) is 0.714. The number of hydrogen-bond donors (Lipinski definition) is 0. The van der Waals surface area contributed by atoms with Gasteiger partial charge in [-0.2, -0.15) is 0 Å². The lowest BCUT2D eigenvalue weighted by Gasteiger charge is -2.20. The third-order valence-corrected chi connectivity index (χ3v) is 4.11. The number of amides is 1. The van der Waals surface area contributed by atoms with Crippen LogP contribution in [0.1, 0.15) is 17.2 Å². The molecule has 0 atom stereocenters. The minimum atomic E-state index is -0.0873. The van der Waals surface area contributed by atoms with Crippen molar-refractivity contribution < 1.29 is 18.0 Å². The summed E-state index contributed by atoms with van der Waals surface area (Å²) in [5.74, 6) is 1.83. The van der Waals surface area contributed by atoms with E-state index < -0.39 is 0 Å². The molecular weight excluding hydrogens is 344 g/mol. The molecule has 6 nitrogen and oxygen atoms in total. The van der Waals surface area contributed by atoms with Gasteiger partial charge in [-0.25, -0.2) is 4.98 Å². The predicted molar refractivity (Wildman–Crippen MR) is 97.3 cm³/mol. The van der Waals surface area contributed by atoms with Crippen LogP contribution in [0.5, 0.6) is 0 Å². The van der Waals surface area contributed by atoms with E-state index in [0.717, 1.165) is 5.56 Å². The van der Waals surface area contributed by atoms with Crippen LogP contribution in [-0.4, -0.2) is 15.8 Å². The van der Waals surface area contributed by atoms with Crippen LogP contribution in [0, 0.1) is 0 Å². The highest BCUT2D eigenvalue weighted by Gasteiger charge is 2.19. The van der Waals surface area contributed by atoms with Crippen LogP contribution in [0.4, 0.5) is 0 Å². The first-order chi connectivity index (χ1) is 13.3. The van der Waals surface area contributed by atoms with E-state index in [1.807, 2.05) is 42.5 Å². The molecule has 27 heavy (non-hydrogen) atoms. The number of benzene rings is 1. The zero-order chi connectivity index (χ0) is 18.5. The zero-order valence-electron chi connectivity index (χ0n) is 14.6. The van der Waals surface area contributed by atoms with Gasteiger partial charge in [0.1, 0.15) is 17.8 Å². The molecule has 0 saturated heterocycles. The molecule has 1 amide bonds. The highest BCUT2D eigenvalue weighted by atomic mass is 16.3. The third kappa shape index (κ3) is 4.17. The molecule has 0 aliphatic heterocycles. The molecule has 0 bridgehead atoms. The average Bonchev–Trinajstić information content (AvgIpc) is 3.45. The molecule has 3 aromatic heterocycles. The summed E-state index contributed by atoms with van der Waals surface area (Å²) in [7, 11) is 0. The van der Waals surface area contributed by atoms with Gasteiger partial charge in [-0.15, -0.1) is 0 Å². The maximum Gasteiger partial charge on any atom is 0.229 e. The number of carbonyl (C=O) groups excluding carboxylic acids is 1. The van der Waals surface area contributed by atoms with Crippen molar-refractivity contribution in [1.29, 1.82) is 0 Å². The number of oxazole rings is 1. The van der Waals surface area contributed by atoms with Crippen LogP contribution in [-0.2, 0) is 24.3 Å². The first kappa shape index (κ1) is 16.9. The lowest BCUT2D eigenvalue weighted by Crippen LogP contribution is -2.31. The quantitative estimate of drug-likeness (QED) is 0.490. The van der Waals surface area contributed by atoms with Crippen LogP contribution in [0.15, 0.2) is 86.6 Å². The largest absolute Gasteiger partial charge is 0.467 e. The minimum absolute atomic E-state index is 0.0873. The lowest BCUT2D eigenvalue weighted by atomic mass is 10.2. The second-order valence-electron chi connectivity index (χ2n) is 6.10. The number of nitrogens with zero attached hydrogens (tertiary/aromatic N) is 2. The van der Waals surface area contributed by atoms with Gasteiger partial charge in [-0.3, -0.25) is 4.79 Å². The van der Waals surface area contributed by atoms with E-state index in [-0.39, 0.29) is 12.3 Å². The van der Waals surface area contributed by atoms with E-state index in [9.17, 15) is 4.79 Å². The van der Waals surface area contributed by atoms with Crippen molar-refractivity contribution in [3.63, 3.8) is 0 Å². The number of rotatable bonds is 7. The summed E-state index contributed by atoms with van der Waals surface area (Å²) < 4.78 is 16.3. The molecule has 3 heterocycles. The normalized spacial score (nSPS) is 10.8. The molecule has 0 unspecified atom stereocenters. The molecule has 6 heteroatoms. The van der Waals surface area contributed by atoms with Crippen LogP contribution in [0.25, 0.3) is 11.5 Å². The Morgan fingerprint density at radius 1 is 0.852 bits per heavy atom. The first-order valence-corrected chi connectivity index (χ1v) is 8.60. The Balaban J connectivity index is 1.48. The Morgan fingerprint density at radius 3 is 2.11 bits per heavy atom. The Kier molecular flexibility index (Phi) is 4.87. The monoisotopic (exact) mass is 362 g/mol. The fourth-order valence-corrected chi connectivity index (χ4v) is 2.78. The van der Waals surface area contributed by atoms with Gasteiger partial charge in [0, 0.05) is 5.56 Å². The van der Waals surface area contributed by atoms with E-state index >= 15 is 0 Å². The summed E-state index contributed by atoms with van der Waals surface area (Å²) in [6.07, 6.45) is 4.85. The van der Waals surface area contributed by atoms with Gasteiger partial charge < -0.3 is 18.2 Å². The fourth-order valence-electron chi connectivity index (χ4n) is 2.78. The standard InChI is InChI=1S/C21H18N2O4/c24-20(12-17-15-27-21(22-17)16-6-2-1-3-7-16)23(13-18-8-4-10-25-18)14-19-9-5-11-26-19/h1-11,15H,12-14H2. The summed E-state index contributed by atoms with van der Waals surface area (Å²) in [6, 6.07) is 16.9. The van der Waals surface area contributed by atoms with E-state index in [1.165, 1.54) is 6.26 Å². The van der Waals surface area contributed by atoms with E-state index in [2.05, 4.69) is 4.98 Å². The number of hydrogen-bond acceptors (Lipinski definition) is 5. The van der Waals surface area contributed by atoms with Gasteiger partial charge >= 0.3 is 0 Å². The molecule has 0 N–H and O–H groups in total. The van der Waals surface area contributed by atoms with Gasteiger partial charge in [0.25, 0.3) is 0 Å². The van der Waals surface area contributed by atoms with Crippen molar-refractivity contribution >= 4 is 5.91 Å². The van der Waals surface area contributed by atoms with Crippen molar-refractivity contribution in [3.8, 4) is 11.5 Å². The van der Waals surface area contributed by atoms with Crippen LogP contribution < -0.4 is 0 Å².